The first-order valence-corrected chi connectivity index (χ1v) is 6.94. The van der Waals surface area contributed by atoms with E-state index in [2.05, 4.69) is 15.2 Å². The number of nitrogen functional groups attached to an aromatic ring is 1. The standard InChI is InChI=1S/C11H18N4O2S/c12-9-8(10(17)13-4-3-7-16)18-11(14-9)15-5-1-2-6-15/h16H,1-7,12H2,(H,13,17). The van der Waals surface area contributed by atoms with Crippen LogP contribution < -0.4 is 16.0 Å². The number of aliphatic hydroxyl groups excluding tert-OH is 1. The number of nitrogens with zero attached hydrogens (tertiary/aromatic N) is 2. The molecule has 0 spiro atoms. The third-order valence-electron chi connectivity index (χ3n) is 2.85. The molecule has 0 bridgehead atoms. The third-order valence-corrected chi connectivity index (χ3v) is 3.98. The zero-order chi connectivity index (χ0) is 13.0. The second-order valence-corrected chi connectivity index (χ2v) is 5.22. The van der Waals surface area contributed by atoms with Gasteiger partial charge in [0.25, 0.3) is 5.91 Å². The summed E-state index contributed by atoms with van der Waals surface area (Å²) in [6.45, 7) is 2.49. The van der Waals surface area contributed by atoms with E-state index in [9.17, 15) is 4.79 Å². The summed E-state index contributed by atoms with van der Waals surface area (Å²) in [6.07, 6.45) is 2.87. The summed E-state index contributed by atoms with van der Waals surface area (Å²) in [4.78, 5) is 18.7. The van der Waals surface area contributed by atoms with E-state index in [1.54, 1.807) is 0 Å². The minimum atomic E-state index is -0.205. The summed E-state index contributed by atoms with van der Waals surface area (Å²) >= 11 is 1.34. The van der Waals surface area contributed by atoms with Crippen LogP contribution in [0.5, 0.6) is 0 Å². The van der Waals surface area contributed by atoms with Gasteiger partial charge in [-0.1, -0.05) is 11.3 Å². The number of thiazole rings is 1. The van der Waals surface area contributed by atoms with Gasteiger partial charge in [0.15, 0.2) is 5.13 Å². The highest BCUT2D eigenvalue weighted by Gasteiger charge is 2.21. The lowest BCUT2D eigenvalue weighted by Gasteiger charge is -2.11. The van der Waals surface area contributed by atoms with Crippen molar-refractivity contribution in [3.8, 4) is 0 Å². The second-order valence-electron chi connectivity index (χ2n) is 4.24. The van der Waals surface area contributed by atoms with Crippen LogP contribution in [0.2, 0.25) is 0 Å². The number of carbonyl (C=O) groups excluding carboxylic acids is 1. The van der Waals surface area contributed by atoms with Gasteiger partial charge in [-0.15, -0.1) is 0 Å². The summed E-state index contributed by atoms with van der Waals surface area (Å²) in [7, 11) is 0. The number of rotatable bonds is 5. The molecule has 6 nitrogen and oxygen atoms in total. The van der Waals surface area contributed by atoms with E-state index in [-0.39, 0.29) is 12.5 Å². The fourth-order valence-corrected chi connectivity index (χ4v) is 2.84. The molecule has 0 atom stereocenters. The van der Waals surface area contributed by atoms with Gasteiger partial charge in [0.05, 0.1) is 0 Å². The largest absolute Gasteiger partial charge is 0.396 e. The van der Waals surface area contributed by atoms with Crippen LogP contribution in [-0.2, 0) is 0 Å². The molecule has 100 valence electrons. The SMILES string of the molecule is Nc1nc(N2CCCC2)sc1C(=O)NCCCO. The average molecular weight is 270 g/mol. The smallest absolute Gasteiger partial charge is 0.265 e. The van der Waals surface area contributed by atoms with Crippen LogP contribution in [0.25, 0.3) is 0 Å². The number of anilines is 2. The van der Waals surface area contributed by atoms with Gasteiger partial charge in [-0.3, -0.25) is 4.79 Å². The molecule has 2 heterocycles. The van der Waals surface area contributed by atoms with Gasteiger partial charge in [-0.2, -0.15) is 0 Å². The van der Waals surface area contributed by atoms with Gasteiger partial charge in [-0.05, 0) is 19.3 Å². The molecule has 1 aliphatic rings. The highest BCUT2D eigenvalue weighted by Crippen LogP contribution is 2.30. The Balaban J connectivity index is 2.01. The third kappa shape index (κ3) is 2.91. The van der Waals surface area contributed by atoms with E-state index < -0.39 is 0 Å². The molecule has 1 aromatic heterocycles. The molecule has 1 aliphatic heterocycles. The molecule has 1 amide bonds. The number of amides is 1. The molecule has 18 heavy (non-hydrogen) atoms. The zero-order valence-electron chi connectivity index (χ0n) is 10.2. The second kappa shape index (κ2) is 6.01. The fraction of sp³-hybridized carbons (Fsp3) is 0.636. The monoisotopic (exact) mass is 270 g/mol. The molecule has 0 saturated carbocycles. The van der Waals surface area contributed by atoms with Crippen LogP contribution in [0.15, 0.2) is 0 Å². The predicted molar refractivity (Wildman–Crippen MR) is 72.0 cm³/mol. The Kier molecular flexibility index (Phi) is 4.38. The minimum Gasteiger partial charge on any atom is -0.396 e. The molecule has 0 aromatic carbocycles. The lowest BCUT2D eigenvalue weighted by molar-refractivity contribution is 0.0956. The predicted octanol–water partition coefficient (Wildman–Crippen LogP) is 0.438. The lowest BCUT2D eigenvalue weighted by atomic mass is 10.4. The maximum Gasteiger partial charge on any atom is 0.265 e. The number of hydrogen-bond acceptors (Lipinski definition) is 6. The molecular weight excluding hydrogens is 252 g/mol. The number of aliphatic hydroxyl groups is 1. The first-order chi connectivity index (χ1) is 8.72. The van der Waals surface area contributed by atoms with Gasteiger partial charge < -0.3 is 21.1 Å². The topological polar surface area (TPSA) is 91.5 Å². The first-order valence-electron chi connectivity index (χ1n) is 6.12. The summed E-state index contributed by atoms with van der Waals surface area (Å²) in [5, 5.41) is 12.2. The highest BCUT2D eigenvalue weighted by molar-refractivity contribution is 7.18. The number of aromatic nitrogens is 1. The summed E-state index contributed by atoms with van der Waals surface area (Å²) in [5.74, 6) is 0.0901. The van der Waals surface area contributed by atoms with Crippen LogP contribution in [0.3, 0.4) is 0 Å². The Morgan fingerprint density at radius 3 is 2.89 bits per heavy atom. The van der Waals surface area contributed by atoms with E-state index in [1.807, 2.05) is 0 Å². The van der Waals surface area contributed by atoms with E-state index in [0.717, 1.165) is 31.1 Å². The van der Waals surface area contributed by atoms with Crippen molar-refractivity contribution in [2.45, 2.75) is 19.3 Å². The number of nitrogens with two attached hydrogens (primary N) is 1. The fourth-order valence-electron chi connectivity index (χ4n) is 1.89. The first kappa shape index (κ1) is 13.1. The van der Waals surface area contributed by atoms with Crippen LogP contribution in [0.1, 0.15) is 28.9 Å². The van der Waals surface area contributed by atoms with Gasteiger partial charge in [0.1, 0.15) is 10.7 Å². The Morgan fingerprint density at radius 1 is 1.50 bits per heavy atom. The average Bonchev–Trinajstić information content (AvgIpc) is 2.97. The molecule has 0 unspecified atom stereocenters. The van der Waals surface area contributed by atoms with E-state index in [1.165, 1.54) is 11.3 Å². The van der Waals surface area contributed by atoms with Gasteiger partial charge >= 0.3 is 0 Å². The molecule has 2 rings (SSSR count). The van der Waals surface area contributed by atoms with Crippen molar-refractivity contribution >= 4 is 28.2 Å². The quantitative estimate of drug-likeness (QED) is 0.675. The van der Waals surface area contributed by atoms with Crippen molar-refractivity contribution in [2.75, 3.05) is 36.9 Å². The van der Waals surface area contributed by atoms with E-state index in [4.69, 9.17) is 10.8 Å². The Morgan fingerprint density at radius 2 is 2.22 bits per heavy atom. The zero-order valence-corrected chi connectivity index (χ0v) is 11.0. The molecular formula is C11H18N4O2S. The number of carbonyl (C=O) groups is 1. The van der Waals surface area contributed by atoms with Gasteiger partial charge in [0.2, 0.25) is 0 Å². The summed E-state index contributed by atoms with van der Waals surface area (Å²) < 4.78 is 0. The van der Waals surface area contributed by atoms with E-state index in [0.29, 0.717) is 23.7 Å². The lowest BCUT2D eigenvalue weighted by Crippen LogP contribution is -2.24. The minimum absolute atomic E-state index is 0.0669. The maximum absolute atomic E-state index is 11.8. The number of nitrogens with one attached hydrogen (secondary N) is 1. The van der Waals surface area contributed by atoms with Crippen LogP contribution in [0, 0.1) is 0 Å². The Hall–Kier alpha value is -1.34. The normalized spacial score (nSPS) is 15.1. The van der Waals surface area contributed by atoms with Crippen LogP contribution in [-0.4, -0.2) is 42.2 Å². The maximum atomic E-state index is 11.8. The molecule has 4 N–H and O–H groups in total. The Labute approximate surface area is 110 Å². The molecule has 1 saturated heterocycles. The van der Waals surface area contributed by atoms with E-state index >= 15 is 0 Å². The van der Waals surface area contributed by atoms with Crippen LogP contribution in [0.4, 0.5) is 10.9 Å². The highest BCUT2D eigenvalue weighted by atomic mass is 32.1. The van der Waals surface area contributed by atoms with Gasteiger partial charge in [0, 0.05) is 26.2 Å². The summed E-state index contributed by atoms with van der Waals surface area (Å²) in [6, 6.07) is 0. The van der Waals surface area contributed by atoms with Crippen LogP contribution >= 0.6 is 11.3 Å². The van der Waals surface area contributed by atoms with Crippen molar-refractivity contribution in [3.63, 3.8) is 0 Å². The molecule has 0 aliphatic carbocycles. The number of hydrogen-bond donors (Lipinski definition) is 3. The molecule has 0 radical (unpaired) electrons. The van der Waals surface area contributed by atoms with Crippen molar-refractivity contribution in [3.05, 3.63) is 4.88 Å². The Bertz CT molecular complexity index is 415. The van der Waals surface area contributed by atoms with Crippen molar-refractivity contribution in [1.29, 1.82) is 0 Å². The van der Waals surface area contributed by atoms with Crippen molar-refractivity contribution in [2.24, 2.45) is 0 Å². The molecule has 1 fully saturated rings. The molecule has 1 aromatic rings. The van der Waals surface area contributed by atoms with Gasteiger partial charge in [-0.25, -0.2) is 4.98 Å². The van der Waals surface area contributed by atoms with Crippen molar-refractivity contribution < 1.29 is 9.90 Å². The molecule has 7 heteroatoms. The summed E-state index contributed by atoms with van der Waals surface area (Å²) in [5.41, 5.74) is 5.78. The van der Waals surface area contributed by atoms with Crippen molar-refractivity contribution in [1.82, 2.24) is 10.3 Å².